The van der Waals surface area contributed by atoms with Gasteiger partial charge in [0, 0.05) is 0 Å². The van der Waals surface area contributed by atoms with Crippen LogP contribution in [0.1, 0.15) is 12.5 Å². The van der Waals surface area contributed by atoms with E-state index in [1.54, 1.807) is 19.1 Å². The van der Waals surface area contributed by atoms with Crippen LogP contribution in [0.5, 0.6) is 11.5 Å². The molecule has 84 valence electrons. The van der Waals surface area contributed by atoms with E-state index in [9.17, 15) is 8.42 Å². The average Bonchev–Trinajstić information content (AvgIpc) is 2.08. The lowest BCUT2D eigenvalue weighted by molar-refractivity contribution is 0.319. The second-order valence-corrected chi connectivity index (χ2v) is 3.92. The van der Waals surface area contributed by atoms with Gasteiger partial charge in [-0.2, -0.15) is 8.42 Å². The van der Waals surface area contributed by atoms with Crippen molar-refractivity contribution in [1.29, 1.82) is 0 Å². The van der Waals surface area contributed by atoms with Crippen LogP contribution in [0.15, 0.2) is 18.2 Å². The standard InChI is InChI=1S/C9H12O5S/c1-3-13-9-6-7(2)4-5-8(9)14-15(10,11)12/h4-6H,3H2,1-2H3,(H,10,11,12). The highest BCUT2D eigenvalue weighted by molar-refractivity contribution is 7.81. The van der Waals surface area contributed by atoms with E-state index in [2.05, 4.69) is 4.18 Å². The Morgan fingerprint density at radius 2 is 2.00 bits per heavy atom. The lowest BCUT2D eigenvalue weighted by atomic mass is 10.2. The number of hydrogen-bond acceptors (Lipinski definition) is 4. The third-order valence-corrected chi connectivity index (χ3v) is 1.98. The van der Waals surface area contributed by atoms with Crippen LogP contribution >= 0.6 is 0 Å². The van der Waals surface area contributed by atoms with Crippen molar-refractivity contribution in [2.24, 2.45) is 0 Å². The molecule has 0 aromatic heterocycles. The fourth-order valence-corrected chi connectivity index (χ4v) is 1.43. The molecule has 0 aliphatic rings. The highest BCUT2D eigenvalue weighted by atomic mass is 32.3. The first-order valence-corrected chi connectivity index (χ1v) is 5.69. The Bertz CT molecular complexity index is 438. The molecular weight excluding hydrogens is 220 g/mol. The SMILES string of the molecule is CCOc1cc(C)ccc1OS(=O)(=O)O. The molecule has 0 atom stereocenters. The van der Waals surface area contributed by atoms with Crippen LogP contribution in [0.2, 0.25) is 0 Å². The quantitative estimate of drug-likeness (QED) is 0.798. The first-order valence-electron chi connectivity index (χ1n) is 4.32. The van der Waals surface area contributed by atoms with Gasteiger partial charge in [-0.15, -0.1) is 0 Å². The largest absolute Gasteiger partial charge is 0.490 e. The summed E-state index contributed by atoms with van der Waals surface area (Å²) in [5, 5.41) is 0. The molecule has 0 unspecified atom stereocenters. The predicted molar refractivity (Wildman–Crippen MR) is 54.5 cm³/mol. The highest BCUT2D eigenvalue weighted by Crippen LogP contribution is 2.29. The van der Waals surface area contributed by atoms with Crippen LogP contribution in [0.4, 0.5) is 0 Å². The van der Waals surface area contributed by atoms with Crippen LogP contribution < -0.4 is 8.92 Å². The van der Waals surface area contributed by atoms with Gasteiger partial charge in [0.25, 0.3) is 0 Å². The fourth-order valence-electron chi connectivity index (χ4n) is 1.07. The van der Waals surface area contributed by atoms with E-state index >= 15 is 0 Å². The molecule has 6 heteroatoms. The van der Waals surface area contributed by atoms with Crippen LogP contribution in [-0.4, -0.2) is 19.6 Å². The molecule has 5 nitrogen and oxygen atoms in total. The molecule has 0 bridgehead atoms. The van der Waals surface area contributed by atoms with Gasteiger partial charge in [0.15, 0.2) is 11.5 Å². The summed E-state index contributed by atoms with van der Waals surface area (Å²) in [7, 11) is -4.51. The van der Waals surface area contributed by atoms with Crippen molar-refractivity contribution in [3.63, 3.8) is 0 Å². The predicted octanol–water partition coefficient (Wildman–Crippen LogP) is 1.58. The molecule has 0 aliphatic carbocycles. The number of benzene rings is 1. The Kier molecular flexibility index (Phi) is 3.54. The summed E-state index contributed by atoms with van der Waals surface area (Å²) in [5.74, 6) is 0.264. The van der Waals surface area contributed by atoms with E-state index in [0.717, 1.165) is 5.56 Å². The van der Waals surface area contributed by atoms with Crippen LogP contribution in [0.3, 0.4) is 0 Å². The van der Waals surface area contributed by atoms with Gasteiger partial charge in [-0.25, -0.2) is 0 Å². The monoisotopic (exact) mass is 232 g/mol. The Hall–Kier alpha value is -1.27. The maximum atomic E-state index is 10.5. The summed E-state index contributed by atoms with van der Waals surface area (Å²) >= 11 is 0. The van der Waals surface area contributed by atoms with Crippen molar-refractivity contribution in [1.82, 2.24) is 0 Å². The van der Waals surface area contributed by atoms with E-state index < -0.39 is 10.4 Å². The molecule has 1 N–H and O–H groups in total. The summed E-state index contributed by atoms with van der Waals surface area (Å²) in [4.78, 5) is 0. The van der Waals surface area contributed by atoms with E-state index in [1.165, 1.54) is 6.07 Å². The molecule has 0 saturated heterocycles. The molecule has 1 aromatic carbocycles. The second kappa shape index (κ2) is 4.50. The van der Waals surface area contributed by atoms with Crippen molar-refractivity contribution < 1.29 is 21.9 Å². The van der Waals surface area contributed by atoms with Gasteiger partial charge in [0.2, 0.25) is 0 Å². The van der Waals surface area contributed by atoms with Gasteiger partial charge in [-0.05, 0) is 31.5 Å². The number of rotatable bonds is 4. The normalized spacial score (nSPS) is 11.1. The smallest absolute Gasteiger partial charge is 0.446 e. The molecule has 0 radical (unpaired) electrons. The van der Waals surface area contributed by atoms with Crippen molar-refractivity contribution in [2.75, 3.05) is 6.61 Å². The summed E-state index contributed by atoms with van der Waals surface area (Å²) < 4.78 is 39.1. The first kappa shape index (κ1) is 11.8. The molecule has 0 saturated carbocycles. The van der Waals surface area contributed by atoms with Crippen LogP contribution in [0, 0.1) is 6.92 Å². The van der Waals surface area contributed by atoms with Gasteiger partial charge >= 0.3 is 10.4 Å². The highest BCUT2D eigenvalue weighted by Gasteiger charge is 2.12. The zero-order chi connectivity index (χ0) is 11.5. The Balaban J connectivity index is 3.05. The number of ether oxygens (including phenoxy) is 1. The molecule has 0 heterocycles. The number of aryl methyl sites for hydroxylation is 1. The molecule has 0 amide bonds. The van der Waals surface area contributed by atoms with Gasteiger partial charge < -0.3 is 8.92 Å². The minimum atomic E-state index is -4.51. The average molecular weight is 232 g/mol. The Morgan fingerprint density at radius 3 is 2.53 bits per heavy atom. The molecule has 0 spiro atoms. The molecule has 0 fully saturated rings. The topological polar surface area (TPSA) is 72.8 Å². The van der Waals surface area contributed by atoms with Gasteiger partial charge in [-0.1, -0.05) is 6.07 Å². The fraction of sp³-hybridized carbons (Fsp3) is 0.333. The van der Waals surface area contributed by atoms with Gasteiger partial charge in [0.1, 0.15) is 0 Å². The van der Waals surface area contributed by atoms with Crippen molar-refractivity contribution in [2.45, 2.75) is 13.8 Å². The third-order valence-electron chi connectivity index (χ3n) is 1.59. The molecule has 1 aromatic rings. The zero-order valence-corrected chi connectivity index (χ0v) is 9.24. The Morgan fingerprint density at radius 1 is 1.33 bits per heavy atom. The lowest BCUT2D eigenvalue weighted by Gasteiger charge is -2.09. The van der Waals surface area contributed by atoms with Gasteiger partial charge in [0.05, 0.1) is 6.61 Å². The van der Waals surface area contributed by atoms with Gasteiger partial charge in [-0.3, -0.25) is 4.55 Å². The summed E-state index contributed by atoms with van der Waals surface area (Å²) in [5.41, 5.74) is 0.904. The maximum Gasteiger partial charge on any atom is 0.446 e. The maximum absolute atomic E-state index is 10.5. The van der Waals surface area contributed by atoms with E-state index in [-0.39, 0.29) is 11.5 Å². The molecule has 1 rings (SSSR count). The second-order valence-electron chi connectivity index (χ2n) is 2.89. The molecule has 15 heavy (non-hydrogen) atoms. The van der Waals surface area contributed by atoms with Crippen molar-refractivity contribution in [3.8, 4) is 11.5 Å². The van der Waals surface area contributed by atoms with Crippen molar-refractivity contribution in [3.05, 3.63) is 23.8 Å². The Labute approximate surface area is 88.6 Å². The first-order chi connectivity index (χ1) is 6.92. The third kappa shape index (κ3) is 3.77. The van der Waals surface area contributed by atoms with Crippen molar-refractivity contribution >= 4 is 10.4 Å². The van der Waals surface area contributed by atoms with Crippen LogP contribution in [0.25, 0.3) is 0 Å². The van der Waals surface area contributed by atoms with E-state index in [1.807, 2.05) is 6.92 Å². The molecule has 0 aliphatic heterocycles. The minimum Gasteiger partial charge on any atom is -0.490 e. The lowest BCUT2D eigenvalue weighted by Crippen LogP contribution is -2.08. The van der Waals surface area contributed by atoms with E-state index in [0.29, 0.717) is 6.61 Å². The summed E-state index contributed by atoms with van der Waals surface area (Å²) in [6.07, 6.45) is 0. The molecular formula is C9H12O5S. The zero-order valence-electron chi connectivity index (χ0n) is 8.43. The number of hydrogen-bond donors (Lipinski definition) is 1. The van der Waals surface area contributed by atoms with E-state index in [4.69, 9.17) is 9.29 Å². The summed E-state index contributed by atoms with van der Waals surface area (Å²) in [6.45, 7) is 3.98. The van der Waals surface area contributed by atoms with Crippen LogP contribution in [-0.2, 0) is 10.4 Å². The minimum absolute atomic E-state index is 0.0232. The summed E-state index contributed by atoms with van der Waals surface area (Å²) in [6, 6.07) is 4.71.